The highest BCUT2D eigenvalue weighted by atomic mass is 19.1. The minimum absolute atomic E-state index is 0.269. The van der Waals surface area contributed by atoms with Gasteiger partial charge in [-0.05, 0) is 25.1 Å². The Labute approximate surface area is 189 Å². The molecular weight excluding hydrogens is 419 g/mol. The SMILES string of the molecule is Cc1c(-c2cc(C(=O)Nc3cnn(Cc4ccccc4F)c3)c3ccccc3n2)cnn1C. The normalized spacial score (nSPS) is 11.1. The second kappa shape index (κ2) is 8.31. The summed E-state index contributed by atoms with van der Waals surface area (Å²) in [6.07, 6.45) is 4.98. The summed E-state index contributed by atoms with van der Waals surface area (Å²) >= 11 is 0. The number of anilines is 1. The van der Waals surface area contributed by atoms with Crippen molar-refractivity contribution >= 4 is 22.5 Å². The summed E-state index contributed by atoms with van der Waals surface area (Å²) in [6.45, 7) is 2.23. The number of amides is 1. The summed E-state index contributed by atoms with van der Waals surface area (Å²) in [5, 5.41) is 12.2. The van der Waals surface area contributed by atoms with Crippen molar-refractivity contribution in [1.29, 1.82) is 0 Å². The van der Waals surface area contributed by atoms with Crippen LogP contribution in [0.2, 0.25) is 0 Å². The third-order valence-corrected chi connectivity index (χ3v) is 5.65. The van der Waals surface area contributed by atoms with E-state index < -0.39 is 0 Å². The lowest BCUT2D eigenvalue weighted by atomic mass is 10.0. The first-order valence-electron chi connectivity index (χ1n) is 10.5. The van der Waals surface area contributed by atoms with E-state index >= 15 is 0 Å². The lowest BCUT2D eigenvalue weighted by Crippen LogP contribution is -2.13. The molecular formula is C25H21FN6O. The predicted molar refractivity (Wildman–Crippen MR) is 124 cm³/mol. The molecule has 5 aromatic rings. The van der Waals surface area contributed by atoms with Crippen LogP contribution in [0, 0.1) is 12.7 Å². The van der Waals surface area contributed by atoms with Crippen molar-refractivity contribution in [3.63, 3.8) is 0 Å². The molecule has 0 radical (unpaired) electrons. The Morgan fingerprint density at radius 1 is 1.06 bits per heavy atom. The zero-order chi connectivity index (χ0) is 22.9. The summed E-state index contributed by atoms with van der Waals surface area (Å²) in [7, 11) is 1.87. The Kier molecular flexibility index (Phi) is 5.18. The number of hydrogen-bond acceptors (Lipinski definition) is 4. The topological polar surface area (TPSA) is 77.6 Å². The Bertz CT molecular complexity index is 1490. The van der Waals surface area contributed by atoms with Crippen LogP contribution in [0.3, 0.4) is 0 Å². The van der Waals surface area contributed by atoms with Crippen LogP contribution in [-0.2, 0) is 13.6 Å². The van der Waals surface area contributed by atoms with Crippen molar-refractivity contribution in [3.8, 4) is 11.3 Å². The number of benzene rings is 2. The second-order valence-corrected chi connectivity index (χ2v) is 7.81. The molecule has 0 aliphatic carbocycles. The first-order chi connectivity index (χ1) is 16.0. The van der Waals surface area contributed by atoms with Gasteiger partial charge in [0.05, 0.1) is 41.4 Å². The predicted octanol–water partition coefficient (Wildman–Crippen LogP) is 4.58. The average Bonchev–Trinajstić information content (AvgIpc) is 3.40. The van der Waals surface area contributed by atoms with Crippen molar-refractivity contribution in [2.75, 3.05) is 5.32 Å². The molecule has 3 heterocycles. The fraction of sp³-hybridized carbons (Fsp3) is 0.120. The van der Waals surface area contributed by atoms with E-state index in [9.17, 15) is 9.18 Å². The van der Waals surface area contributed by atoms with Gasteiger partial charge in [-0.25, -0.2) is 9.37 Å². The van der Waals surface area contributed by atoms with Crippen molar-refractivity contribution in [2.45, 2.75) is 13.5 Å². The van der Waals surface area contributed by atoms with Gasteiger partial charge in [0.1, 0.15) is 5.82 Å². The van der Waals surface area contributed by atoms with Crippen molar-refractivity contribution in [1.82, 2.24) is 24.5 Å². The number of fused-ring (bicyclic) bond motifs is 1. The van der Waals surface area contributed by atoms with Crippen LogP contribution in [0.1, 0.15) is 21.6 Å². The molecule has 0 saturated heterocycles. The molecule has 0 aliphatic heterocycles. The molecule has 2 aromatic carbocycles. The van der Waals surface area contributed by atoms with E-state index in [-0.39, 0.29) is 18.3 Å². The minimum atomic E-state index is -0.292. The van der Waals surface area contributed by atoms with Gasteiger partial charge in [0, 0.05) is 35.5 Å². The van der Waals surface area contributed by atoms with E-state index in [1.54, 1.807) is 52.2 Å². The summed E-state index contributed by atoms with van der Waals surface area (Å²) < 4.78 is 17.3. The molecule has 7 nitrogen and oxygen atoms in total. The highest BCUT2D eigenvalue weighted by molar-refractivity contribution is 6.13. The molecule has 0 aliphatic rings. The second-order valence-electron chi connectivity index (χ2n) is 7.81. The third kappa shape index (κ3) is 3.98. The Balaban J connectivity index is 1.46. The smallest absolute Gasteiger partial charge is 0.256 e. The number of carbonyl (C=O) groups is 1. The number of nitrogens with one attached hydrogen (secondary N) is 1. The van der Waals surface area contributed by atoms with E-state index in [1.165, 1.54) is 6.07 Å². The summed E-state index contributed by atoms with van der Waals surface area (Å²) in [5.41, 5.74) is 4.78. The summed E-state index contributed by atoms with van der Waals surface area (Å²) in [6, 6.07) is 15.9. The molecule has 0 atom stereocenters. The third-order valence-electron chi connectivity index (χ3n) is 5.65. The maximum Gasteiger partial charge on any atom is 0.256 e. The van der Waals surface area contributed by atoms with E-state index in [1.807, 2.05) is 38.2 Å². The lowest BCUT2D eigenvalue weighted by Gasteiger charge is -2.10. The van der Waals surface area contributed by atoms with Gasteiger partial charge in [0.15, 0.2) is 0 Å². The molecule has 1 amide bonds. The van der Waals surface area contributed by atoms with Gasteiger partial charge in [-0.3, -0.25) is 14.2 Å². The molecule has 0 bridgehead atoms. The zero-order valence-corrected chi connectivity index (χ0v) is 18.2. The number of halogens is 1. The van der Waals surface area contributed by atoms with Crippen LogP contribution in [0.15, 0.2) is 73.2 Å². The Morgan fingerprint density at radius 2 is 1.85 bits per heavy atom. The number of pyridine rings is 1. The first kappa shape index (κ1) is 20.6. The van der Waals surface area contributed by atoms with E-state index in [2.05, 4.69) is 15.5 Å². The highest BCUT2D eigenvalue weighted by Crippen LogP contribution is 2.27. The molecule has 5 rings (SSSR count). The molecule has 164 valence electrons. The van der Waals surface area contributed by atoms with Crippen LogP contribution in [-0.4, -0.2) is 30.5 Å². The van der Waals surface area contributed by atoms with E-state index in [0.717, 1.165) is 22.2 Å². The number of nitrogens with zero attached hydrogens (tertiary/aromatic N) is 5. The molecule has 0 saturated carbocycles. The maximum atomic E-state index is 13.9. The van der Waals surface area contributed by atoms with Crippen LogP contribution in [0.5, 0.6) is 0 Å². The van der Waals surface area contributed by atoms with Gasteiger partial charge < -0.3 is 5.32 Å². The summed E-state index contributed by atoms with van der Waals surface area (Å²) in [4.78, 5) is 18.0. The van der Waals surface area contributed by atoms with Gasteiger partial charge in [-0.15, -0.1) is 0 Å². The maximum absolute atomic E-state index is 13.9. The molecule has 1 N–H and O–H groups in total. The van der Waals surface area contributed by atoms with Crippen LogP contribution < -0.4 is 5.32 Å². The molecule has 33 heavy (non-hydrogen) atoms. The van der Waals surface area contributed by atoms with E-state index in [0.29, 0.717) is 22.5 Å². The van der Waals surface area contributed by atoms with Gasteiger partial charge in [-0.2, -0.15) is 10.2 Å². The van der Waals surface area contributed by atoms with Gasteiger partial charge in [0.2, 0.25) is 0 Å². The van der Waals surface area contributed by atoms with Crippen molar-refractivity contribution < 1.29 is 9.18 Å². The molecule has 0 unspecified atom stereocenters. The number of aryl methyl sites for hydroxylation is 1. The minimum Gasteiger partial charge on any atom is -0.319 e. The zero-order valence-electron chi connectivity index (χ0n) is 18.2. The highest BCUT2D eigenvalue weighted by Gasteiger charge is 2.17. The first-order valence-corrected chi connectivity index (χ1v) is 10.5. The largest absolute Gasteiger partial charge is 0.319 e. The molecule has 0 spiro atoms. The molecule has 0 fully saturated rings. The van der Waals surface area contributed by atoms with E-state index in [4.69, 9.17) is 4.98 Å². The average molecular weight is 440 g/mol. The van der Waals surface area contributed by atoms with Crippen molar-refractivity contribution in [3.05, 3.63) is 95.8 Å². The Morgan fingerprint density at radius 3 is 2.64 bits per heavy atom. The fourth-order valence-electron chi connectivity index (χ4n) is 3.77. The summed E-state index contributed by atoms with van der Waals surface area (Å²) in [5.74, 6) is -0.568. The van der Waals surface area contributed by atoms with Crippen LogP contribution in [0.25, 0.3) is 22.2 Å². The fourth-order valence-corrected chi connectivity index (χ4v) is 3.77. The van der Waals surface area contributed by atoms with Gasteiger partial charge in [-0.1, -0.05) is 36.4 Å². The van der Waals surface area contributed by atoms with Crippen molar-refractivity contribution in [2.24, 2.45) is 7.05 Å². The quantitative estimate of drug-likeness (QED) is 0.434. The Hall–Kier alpha value is -4.33. The number of hydrogen-bond donors (Lipinski definition) is 1. The molecule has 3 aromatic heterocycles. The number of rotatable bonds is 5. The number of aromatic nitrogens is 5. The monoisotopic (exact) mass is 440 g/mol. The van der Waals surface area contributed by atoms with Crippen LogP contribution >= 0.6 is 0 Å². The lowest BCUT2D eigenvalue weighted by molar-refractivity contribution is 0.102. The van der Waals surface area contributed by atoms with Gasteiger partial charge in [0.25, 0.3) is 5.91 Å². The van der Waals surface area contributed by atoms with Crippen LogP contribution in [0.4, 0.5) is 10.1 Å². The molecule has 8 heteroatoms. The van der Waals surface area contributed by atoms with Gasteiger partial charge >= 0.3 is 0 Å². The number of carbonyl (C=O) groups excluding carboxylic acids is 1. The number of para-hydroxylation sites is 1. The standard InChI is InChI=1S/C25H21FN6O/c1-16-21(13-27-31(16)2)24-11-20(19-8-4-6-10-23(19)30-24)25(33)29-18-12-28-32(15-18)14-17-7-3-5-9-22(17)26/h3-13,15H,14H2,1-2H3,(H,29,33).